The van der Waals surface area contributed by atoms with Crippen molar-refractivity contribution in [2.24, 2.45) is 0 Å². The summed E-state index contributed by atoms with van der Waals surface area (Å²) >= 11 is 0. The van der Waals surface area contributed by atoms with Crippen LogP contribution in [0.4, 0.5) is 18.9 Å². The van der Waals surface area contributed by atoms with Crippen molar-refractivity contribution in [2.45, 2.75) is 25.6 Å². The summed E-state index contributed by atoms with van der Waals surface area (Å²) in [7, 11) is 0. The van der Waals surface area contributed by atoms with Crippen molar-refractivity contribution in [1.29, 1.82) is 0 Å². The first-order chi connectivity index (χ1) is 8.54. The average molecular weight is 258 g/mol. The topological polar surface area (TPSA) is 15.3 Å². The van der Waals surface area contributed by atoms with Crippen LogP contribution >= 0.6 is 0 Å². The van der Waals surface area contributed by atoms with E-state index in [-0.39, 0.29) is 6.04 Å². The summed E-state index contributed by atoms with van der Waals surface area (Å²) in [5.41, 5.74) is -0.233. The Labute approximate surface area is 105 Å². The second-order valence-corrected chi connectivity index (χ2v) is 4.52. The predicted molar refractivity (Wildman–Crippen MR) is 65.7 cm³/mol. The van der Waals surface area contributed by atoms with Crippen molar-refractivity contribution in [3.8, 4) is 0 Å². The monoisotopic (exact) mass is 258 g/mol. The van der Waals surface area contributed by atoms with Crippen molar-refractivity contribution >= 4 is 5.69 Å². The third-order valence-corrected chi connectivity index (χ3v) is 3.18. The van der Waals surface area contributed by atoms with Crippen molar-refractivity contribution in [1.82, 2.24) is 5.32 Å². The van der Waals surface area contributed by atoms with Gasteiger partial charge in [-0.1, -0.05) is 19.1 Å². The molecule has 0 aromatic heterocycles. The molecule has 0 aliphatic carbocycles. The van der Waals surface area contributed by atoms with Crippen molar-refractivity contribution in [2.75, 3.05) is 24.5 Å². The lowest BCUT2D eigenvalue weighted by molar-refractivity contribution is -0.137. The summed E-state index contributed by atoms with van der Waals surface area (Å²) in [6, 6.07) is 6.00. The Kier molecular flexibility index (Phi) is 3.80. The summed E-state index contributed by atoms with van der Waals surface area (Å²) in [5, 5.41) is 3.11. The van der Waals surface area contributed by atoms with Crippen molar-refractivity contribution < 1.29 is 13.2 Å². The molecule has 0 radical (unpaired) electrons. The highest BCUT2D eigenvalue weighted by molar-refractivity contribution is 5.56. The second-order valence-electron chi connectivity index (χ2n) is 4.52. The molecule has 1 aliphatic rings. The highest BCUT2D eigenvalue weighted by atomic mass is 19.4. The van der Waals surface area contributed by atoms with Crippen LogP contribution in [0.25, 0.3) is 0 Å². The standard InChI is InChI=1S/C13H17F3N2/c1-2-7-18(10-8-17-9-10)12-6-4-3-5-11(12)13(14,15)16/h3-6,10,17H,2,7-9H2,1H3. The molecule has 2 rings (SSSR count). The Hall–Kier alpha value is -1.23. The van der Waals surface area contributed by atoms with Gasteiger partial charge in [0.1, 0.15) is 0 Å². The maximum Gasteiger partial charge on any atom is 0.418 e. The fraction of sp³-hybridized carbons (Fsp3) is 0.538. The number of rotatable bonds is 4. The first-order valence-corrected chi connectivity index (χ1v) is 6.17. The van der Waals surface area contributed by atoms with Crippen LogP contribution in [0.1, 0.15) is 18.9 Å². The lowest BCUT2D eigenvalue weighted by Gasteiger charge is -2.40. The second kappa shape index (κ2) is 5.18. The molecule has 0 spiro atoms. The third kappa shape index (κ3) is 2.61. The zero-order chi connectivity index (χ0) is 13.2. The van der Waals surface area contributed by atoms with E-state index in [0.29, 0.717) is 12.2 Å². The van der Waals surface area contributed by atoms with Gasteiger partial charge in [-0.2, -0.15) is 13.2 Å². The van der Waals surface area contributed by atoms with Crippen molar-refractivity contribution in [3.05, 3.63) is 29.8 Å². The van der Waals surface area contributed by atoms with Gasteiger partial charge in [-0.25, -0.2) is 0 Å². The summed E-state index contributed by atoms with van der Waals surface area (Å²) < 4.78 is 39.0. The first kappa shape index (κ1) is 13.2. The number of nitrogens with zero attached hydrogens (tertiary/aromatic N) is 1. The van der Waals surface area contributed by atoms with Crippen LogP contribution in [-0.2, 0) is 6.18 Å². The maximum atomic E-state index is 13.0. The fourth-order valence-electron chi connectivity index (χ4n) is 2.20. The molecule has 1 aromatic carbocycles. The highest BCUT2D eigenvalue weighted by Crippen LogP contribution is 2.37. The highest BCUT2D eigenvalue weighted by Gasteiger charge is 2.36. The van der Waals surface area contributed by atoms with Gasteiger partial charge in [0.05, 0.1) is 11.6 Å². The number of para-hydroxylation sites is 1. The van der Waals surface area contributed by atoms with Gasteiger partial charge in [0, 0.05) is 25.3 Å². The van der Waals surface area contributed by atoms with E-state index in [1.807, 2.05) is 11.8 Å². The molecule has 1 N–H and O–H groups in total. The van der Waals surface area contributed by atoms with E-state index < -0.39 is 11.7 Å². The molecule has 18 heavy (non-hydrogen) atoms. The molecule has 0 atom stereocenters. The number of benzene rings is 1. The number of alkyl halides is 3. The molecule has 100 valence electrons. The molecule has 5 heteroatoms. The minimum atomic E-state index is -4.29. The van der Waals surface area contributed by atoms with E-state index in [4.69, 9.17) is 0 Å². The van der Waals surface area contributed by atoms with E-state index in [2.05, 4.69) is 5.32 Å². The number of hydrogen-bond acceptors (Lipinski definition) is 2. The maximum absolute atomic E-state index is 13.0. The van der Waals surface area contributed by atoms with Gasteiger partial charge in [-0.3, -0.25) is 0 Å². The van der Waals surface area contributed by atoms with Gasteiger partial charge in [-0.05, 0) is 18.6 Å². The lowest BCUT2D eigenvalue weighted by atomic mass is 10.1. The van der Waals surface area contributed by atoms with Gasteiger partial charge in [0.25, 0.3) is 0 Å². The fourth-order valence-corrected chi connectivity index (χ4v) is 2.20. The van der Waals surface area contributed by atoms with E-state index in [0.717, 1.165) is 25.6 Å². The molecule has 1 aromatic rings. The quantitative estimate of drug-likeness (QED) is 0.893. The minimum Gasteiger partial charge on any atom is -0.366 e. The van der Waals surface area contributed by atoms with Crippen LogP contribution < -0.4 is 10.2 Å². The van der Waals surface area contributed by atoms with Gasteiger partial charge in [0.2, 0.25) is 0 Å². The first-order valence-electron chi connectivity index (χ1n) is 6.17. The molecule has 1 heterocycles. The normalized spacial score (nSPS) is 16.4. The Bertz CT molecular complexity index is 399. The van der Waals surface area contributed by atoms with E-state index in [1.54, 1.807) is 12.1 Å². The zero-order valence-corrected chi connectivity index (χ0v) is 10.3. The number of halogens is 3. The molecule has 0 amide bonds. The summed E-state index contributed by atoms with van der Waals surface area (Å²) in [6.45, 7) is 4.15. The number of anilines is 1. The lowest BCUT2D eigenvalue weighted by Crippen LogP contribution is -2.58. The Balaban J connectivity index is 2.34. The van der Waals surface area contributed by atoms with Gasteiger partial charge in [-0.15, -0.1) is 0 Å². The SMILES string of the molecule is CCCN(c1ccccc1C(F)(F)F)C1CNC1. The molecule has 1 saturated heterocycles. The molecule has 0 bridgehead atoms. The van der Waals surface area contributed by atoms with Gasteiger partial charge in [0.15, 0.2) is 0 Å². The van der Waals surface area contributed by atoms with Crippen molar-refractivity contribution in [3.63, 3.8) is 0 Å². The number of nitrogens with one attached hydrogen (secondary N) is 1. The average Bonchev–Trinajstić information content (AvgIpc) is 2.25. The van der Waals surface area contributed by atoms with E-state index in [1.165, 1.54) is 6.07 Å². The van der Waals surface area contributed by atoms with E-state index in [9.17, 15) is 13.2 Å². The van der Waals surface area contributed by atoms with Gasteiger partial charge >= 0.3 is 6.18 Å². The van der Waals surface area contributed by atoms with Crippen LogP contribution in [0, 0.1) is 0 Å². The molecule has 1 aliphatic heterocycles. The van der Waals surface area contributed by atoms with Gasteiger partial charge < -0.3 is 10.2 Å². The summed E-state index contributed by atoms with van der Waals surface area (Å²) in [4.78, 5) is 1.87. The molecule has 0 unspecified atom stereocenters. The molecule has 2 nitrogen and oxygen atoms in total. The Morgan fingerprint density at radius 3 is 2.44 bits per heavy atom. The van der Waals surface area contributed by atoms with Crippen LogP contribution in [0.15, 0.2) is 24.3 Å². The van der Waals surface area contributed by atoms with Crippen LogP contribution in [0.2, 0.25) is 0 Å². The molecular weight excluding hydrogens is 241 g/mol. The summed E-state index contributed by atoms with van der Waals surface area (Å²) in [5.74, 6) is 0. The largest absolute Gasteiger partial charge is 0.418 e. The minimum absolute atomic E-state index is 0.174. The Morgan fingerprint density at radius 1 is 1.28 bits per heavy atom. The molecular formula is C13H17F3N2. The van der Waals surface area contributed by atoms with E-state index >= 15 is 0 Å². The Morgan fingerprint density at radius 2 is 1.94 bits per heavy atom. The number of hydrogen-bond donors (Lipinski definition) is 1. The zero-order valence-electron chi connectivity index (χ0n) is 10.3. The smallest absolute Gasteiger partial charge is 0.366 e. The predicted octanol–water partition coefficient (Wildman–Crippen LogP) is 2.89. The van der Waals surface area contributed by atoms with Crippen LogP contribution in [0.5, 0.6) is 0 Å². The molecule has 0 saturated carbocycles. The van der Waals surface area contributed by atoms with Crippen LogP contribution in [0.3, 0.4) is 0 Å². The summed E-state index contributed by atoms with van der Waals surface area (Å²) in [6.07, 6.45) is -3.46. The molecule has 1 fully saturated rings. The van der Waals surface area contributed by atoms with Crippen LogP contribution in [-0.4, -0.2) is 25.7 Å². The third-order valence-electron chi connectivity index (χ3n) is 3.18.